The van der Waals surface area contributed by atoms with E-state index in [0.29, 0.717) is 11.0 Å². The number of aromatic nitrogens is 2. The second kappa shape index (κ2) is 5.92. The van der Waals surface area contributed by atoms with Crippen LogP contribution < -0.4 is 5.32 Å². The minimum atomic E-state index is -0.616. The van der Waals surface area contributed by atoms with E-state index >= 15 is 0 Å². The lowest BCUT2D eigenvalue weighted by atomic mass is 10.3. The van der Waals surface area contributed by atoms with Gasteiger partial charge in [0.05, 0.1) is 24.3 Å². The highest BCUT2D eigenvalue weighted by molar-refractivity contribution is 6.00. The number of allylic oxidation sites excluding steroid dienone is 1. The average Bonchev–Trinajstić information content (AvgIpc) is 2.51. The number of benzene rings is 1. The maximum atomic E-state index is 12.0. The Bertz CT molecular complexity index is 695. The molecule has 0 saturated carbocycles. The van der Waals surface area contributed by atoms with E-state index in [4.69, 9.17) is 0 Å². The second-order valence-corrected chi connectivity index (χ2v) is 3.89. The molecule has 0 spiro atoms. The number of esters is 1. The van der Waals surface area contributed by atoms with Gasteiger partial charge in [-0.1, -0.05) is 18.2 Å². The molecule has 6 nitrogen and oxygen atoms in total. The number of rotatable bonds is 3. The predicted molar refractivity (Wildman–Crippen MR) is 72.8 cm³/mol. The third-order valence-corrected chi connectivity index (χ3v) is 2.62. The molecule has 1 amide bonds. The molecule has 6 heteroatoms. The van der Waals surface area contributed by atoms with Crippen LogP contribution in [-0.2, 0) is 9.53 Å². The Morgan fingerprint density at radius 2 is 1.95 bits per heavy atom. The van der Waals surface area contributed by atoms with Gasteiger partial charge in [0.25, 0.3) is 5.91 Å². The van der Waals surface area contributed by atoms with E-state index in [0.717, 1.165) is 0 Å². The normalized spacial score (nSPS) is 11.2. The smallest absolute Gasteiger partial charge is 0.354 e. The number of hydrogen-bond acceptors (Lipinski definition) is 5. The lowest BCUT2D eigenvalue weighted by Crippen LogP contribution is -2.28. The molecule has 1 aromatic heterocycles. The first kappa shape index (κ1) is 13.7. The predicted octanol–water partition coefficient (Wildman–Crippen LogP) is 1.44. The van der Waals surface area contributed by atoms with Crippen LogP contribution in [-0.4, -0.2) is 29.0 Å². The Labute approximate surface area is 115 Å². The maximum Gasteiger partial charge on any atom is 0.354 e. The maximum absolute atomic E-state index is 12.0. The van der Waals surface area contributed by atoms with Crippen molar-refractivity contribution < 1.29 is 14.3 Å². The number of nitrogens with one attached hydrogen (secondary N) is 1. The number of methoxy groups -OCH3 is 1. The molecule has 2 aromatic rings. The van der Waals surface area contributed by atoms with E-state index in [1.54, 1.807) is 19.1 Å². The van der Waals surface area contributed by atoms with Gasteiger partial charge in [-0.15, -0.1) is 0 Å². The van der Waals surface area contributed by atoms with Crippen molar-refractivity contribution in [1.82, 2.24) is 15.3 Å². The van der Waals surface area contributed by atoms with Gasteiger partial charge in [-0.05, 0) is 19.1 Å². The molecule has 102 valence electrons. The largest absolute Gasteiger partial charge is 0.464 e. The van der Waals surface area contributed by atoms with Crippen LogP contribution in [0.5, 0.6) is 0 Å². The van der Waals surface area contributed by atoms with Crippen molar-refractivity contribution in [2.24, 2.45) is 0 Å². The fraction of sp³-hybridized carbons (Fsp3) is 0.143. The van der Waals surface area contributed by atoms with Crippen molar-refractivity contribution in [3.05, 3.63) is 47.9 Å². The fourth-order valence-corrected chi connectivity index (χ4v) is 1.60. The SMILES string of the molecule is C/C=C(\NC(=O)c1cnc2ccccc2n1)C(=O)OC. The van der Waals surface area contributed by atoms with Crippen LogP contribution in [0.1, 0.15) is 17.4 Å². The molecule has 0 bridgehead atoms. The molecular formula is C14H13N3O3. The second-order valence-electron chi connectivity index (χ2n) is 3.89. The number of ether oxygens (including phenoxy) is 1. The van der Waals surface area contributed by atoms with Crippen LogP contribution in [0.3, 0.4) is 0 Å². The summed E-state index contributed by atoms with van der Waals surface area (Å²) in [6, 6.07) is 7.21. The quantitative estimate of drug-likeness (QED) is 0.674. The molecule has 0 unspecified atom stereocenters. The number of fused-ring (bicyclic) bond motifs is 1. The van der Waals surface area contributed by atoms with E-state index < -0.39 is 11.9 Å². The monoisotopic (exact) mass is 271 g/mol. The summed E-state index contributed by atoms with van der Waals surface area (Å²) in [6.45, 7) is 1.62. The van der Waals surface area contributed by atoms with E-state index in [1.165, 1.54) is 19.4 Å². The molecule has 1 aromatic carbocycles. The minimum Gasteiger partial charge on any atom is -0.464 e. The van der Waals surface area contributed by atoms with Crippen molar-refractivity contribution in [3.8, 4) is 0 Å². The molecule has 1 heterocycles. The average molecular weight is 271 g/mol. The minimum absolute atomic E-state index is 0.0625. The molecule has 0 saturated heterocycles. The highest BCUT2D eigenvalue weighted by Crippen LogP contribution is 2.08. The third kappa shape index (κ3) is 2.80. The van der Waals surface area contributed by atoms with Gasteiger partial charge in [-0.3, -0.25) is 9.78 Å². The zero-order valence-corrected chi connectivity index (χ0v) is 11.1. The highest BCUT2D eigenvalue weighted by atomic mass is 16.5. The summed E-state index contributed by atoms with van der Waals surface area (Å²) in [5.74, 6) is -1.13. The zero-order valence-electron chi connectivity index (χ0n) is 11.1. The molecule has 0 atom stereocenters. The summed E-state index contributed by atoms with van der Waals surface area (Å²) < 4.78 is 4.55. The number of carbonyl (C=O) groups excluding carboxylic acids is 2. The molecule has 0 aliphatic heterocycles. The topological polar surface area (TPSA) is 81.2 Å². The van der Waals surface area contributed by atoms with Gasteiger partial charge >= 0.3 is 5.97 Å². The summed E-state index contributed by atoms with van der Waals surface area (Å²) in [4.78, 5) is 31.7. The molecule has 0 aliphatic rings. The van der Waals surface area contributed by atoms with Crippen LogP contribution >= 0.6 is 0 Å². The van der Waals surface area contributed by atoms with Crippen LogP contribution in [0, 0.1) is 0 Å². The fourth-order valence-electron chi connectivity index (χ4n) is 1.60. The van der Waals surface area contributed by atoms with Crippen molar-refractivity contribution in [2.45, 2.75) is 6.92 Å². The van der Waals surface area contributed by atoms with Gasteiger partial charge in [0, 0.05) is 0 Å². The first-order valence-electron chi connectivity index (χ1n) is 5.93. The summed E-state index contributed by atoms with van der Waals surface area (Å²) in [6.07, 6.45) is 2.82. The Balaban J connectivity index is 2.25. The summed E-state index contributed by atoms with van der Waals surface area (Å²) in [7, 11) is 1.24. The lowest BCUT2D eigenvalue weighted by molar-refractivity contribution is -0.136. The van der Waals surface area contributed by atoms with Crippen LogP contribution in [0.15, 0.2) is 42.2 Å². The zero-order chi connectivity index (χ0) is 14.5. The molecule has 0 radical (unpaired) electrons. The van der Waals surface area contributed by atoms with Gasteiger partial charge in [0.15, 0.2) is 0 Å². The number of nitrogens with zero attached hydrogens (tertiary/aromatic N) is 2. The van der Waals surface area contributed by atoms with Crippen molar-refractivity contribution in [1.29, 1.82) is 0 Å². The summed E-state index contributed by atoms with van der Waals surface area (Å²) >= 11 is 0. The van der Waals surface area contributed by atoms with E-state index in [-0.39, 0.29) is 11.4 Å². The molecule has 20 heavy (non-hydrogen) atoms. The Morgan fingerprint density at radius 1 is 1.25 bits per heavy atom. The van der Waals surface area contributed by atoms with Crippen LogP contribution in [0.25, 0.3) is 11.0 Å². The van der Waals surface area contributed by atoms with Gasteiger partial charge in [-0.25, -0.2) is 9.78 Å². The van der Waals surface area contributed by atoms with Gasteiger partial charge in [0.2, 0.25) is 0 Å². The number of para-hydroxylation sites is 2. The van der Waals surface area contributed by atoms with E-state index in [9.17, 15) is 9.59 Å². The molecule has 0 aliphatic carbocycles. The van der Waals surface area contributed by atoms with Crippen LogP contribution in [0.2, 0.25) is 0 Å². The van der Waals surface area contributed by atoms with E-state index in [1.807, 2.05) is 12.1 Å². The van der Waals surface area contributed by atoms with Crippen molar-refractivity contribution >= 4 is 22.9 Å². The number of hydrogen-bond donors (Lipinski definition) is 1. The van der Waals surface area contributed by atoms with Crippen molar-refractivity contribution in [2.75, 3.05) is 7.11 Å². The van der Waals surface area contributed by atoms with Crippen molar-refractivity contribution in [3.63, 3.8) is 0 Å². The Kier molecular flexibility index (Phi) is 4.05. The molecule has 1 N–H and O–H groups in total. The van der Waals surface area contributed by atoms with Crippen LogP contribution in [0.4, 0.5) is 0 Å². The number of amides is 1. The highest BCUT2D eigenvalue weighted by Gasteiger charge is 2.15. The first-order chi connectivity index (χ1) is 9.65. The molecule has 2 rings (SSSR count). The first-order valence-corrected chi connectivity index (χ1v) is 5.93. The summed E-state index contributed by atoms with van der Waals surface area (Å²) in [5, 5.41) is 2.44. The standard InChI is InChI=1S/C14H13N3O3/c1-3-9(14(19)20-2)17-13(18)12-8-15-10-6-4-5-7-11(10)16-12/h3-8H,1-2H3,(H,17,18)/b9-3-. The van der Waals surface area contributed by atoms with Gasteiger partial charge < -0.3 is 10.1 Å². The Morgan fingerprint density at radius 3 is 2.60 bits per heavy atom. The third-order valence-electron chi connectivity index (χ3n) is 2.62. The lowest BCUT2D eigenvalue weighted by Gasteiger charge is -2.07. The molecular weight excluding hydrogens is 258 g/mol. The molecule has 0 fully saturated rings. The Hall–Kier alpha value is -2.76. The number of carbonyl (C=O) groups is 2. The summed E-state index contributed by atoms with van der Waals surface area (Å²) in [5.41, 5.74) is 1.50. The van der Waals surface area contributed by atoms with Gasteiger partial charge in [-0.2, -0.15) is 0 Å². The van der Waals surface area contributed by atoms with E-state index in [2.05, 4.69) is 20.0 Å². The van der Waals surface area contributed by atoms with Gasteiger partial charge in [0.1, 0.15) is 11.4 Å².